The summed E-state index contributed by atoms with van der Waals surface area (Å²) < 4.78 is 0. The van der Waals surface area contributed by atoms with E-state index in [1.807, 2.05) is 6.08 Å². The van der Waals surface area contributed by atoms with Gasteiger partial charge < -0.3 is 10.2 Å². The van der Waals surface area contributed by atoms with E-state index in [9.17, 15) is 9.90 Å². The molecule has 0 unspecified atom stereocenters. The minimum absolute atomic E-state index is 0.267. The third-order valence-corrected chi connectivity index (χ3v) is 3.15. The normalized spacial score (nSPS) is 12.5. The highest BCUT2D eigenvalue weighted by Gasteiger charge is 1.97. The van der Waals surface area contributed by atoms with E-state index in [2.05, 4.69) is 25.2 Å². The van der Waals surface area contributed by atoms with Crippen LogP contribution in [0.15, 0.2) is 36.1 Å². The van der Waals surface area contributed by atoms with Gasteiger partial charge in [0.1, 0.15) is 0 Å². The van der Waals surface area contributed by atoms with Gasteiger partial charge in [0.25, 0.3) is 0 Å². The molecule has 0 aliphatic heterocycles. The van der Waals surface area contributed by atoms with Gasteiger partial charge in [0.2, 0.25) is 0 Å². The summed E-state index contributed by atoms with van der Waals surface area (Å²) >= 11 is 0. The fraction of sp³-hybridized carbons (Fsp3) is 0.611. The zero-order valence-electron chi connectivity index (χ0n) is 13.3. The van der Waals surface area contributed by atoms with Gasteiger partial charge in [-0.1, -0.05) is 50.5 Å². The molecule has 0 aliphatic carbocycles. The van der Waals surface area contributed by atoms with E-state index in [1.54, 1.807) is 6.08 Å². The summed E-state index contributed by atoms with van der Waals surface area (Å²) in [6, 6.07) is 0. The Morgan fingerprint density at radius 1 is 0.857 bits per heavy atom. The zero-order chi connectivity index (χ0) is 15.8. The van der Waals surface area contributed by atoms with Crippen LogP contribution < -0.4 is 0 Å². The Bertz CT molecular complexity index is 340. The van der Waals surface area contributed by atoms with Gasteiger partial charge in [-0.05, 0) is 38.2 Å². The van der Waals surface area contributed by atoms with Crippen LogP contribution in [0.4, 0.5) is 0 Å². The lowest BCUT2D eigenvalue weighted by Gasteiger charge is -2.00. The Labute approximate surface area is 129 Å². The molecule has 2 N–H and O–H groups in total. The first-order chi connectivity index (χ1) is 10.2. The second kappa shape index (κ2) is 14.9. The number of aliphatic carboxylic acids is 1. The minimum atomic E-state index is -0.715. The van der Waals surface area contributed by atoms with Crippen LogP contribution in [-0.4, -0.2) is 16.2 Å². The molecular formula is C18H30O3. The standard InChI is InChI=1S/C18H30O3/c1-2-3-4-5-6-8-11-14-17(19)15-12-9-7-10-13-16-18(20)21/h3-4,8,11,14,19H,2,5-7,9-10,12-13,15-16H2,1H3,(H,20,21). The highest BCUT2D eigenvalue weighted by Crippen LogP contribution is 2.10. The number of carbonyl (C=O) groups is 1. The van der Waals surface area contributed by atoms with Gasteiger partial charge in [0.05, 0.1) is 5.76 Å². The number of hydrogen-bond donors (Lipinski definition) is 2. The van der Waals surface area contributed by atoms with E-state index in [4.69, 9.17) is 5.11 Å². The number of aliphatic hydroxyl groups is 1. The number of carboxylic acid groups (broad SMARTS) is 1. The Kier molecular flexibility index (Phi) is 13.8. The van der Waals surface area contributed by atoms with E-state index in [1.165, 1.54) is 0 Å². The fourth-order valence-electron chi connectivity index (χ4n) is 1.95. The Morgan fingerprint density at radius 2 is 1.48 bits per heavy atom. The molecule has 0 saturated carbocycles. The quantitative estimate of drug-likeness (QED) is 0.203. The summed E-state index contributed by atoms with van der Waals surface area (Å²) in [7, 11) is 0. The molecule has 120 valence electrons. The monoisotopic (exact) mass is 294 g/mol. The number of hydrogen-bond acceptors (Lipinski definition) is 2. The molecule has 0 amide bonds. The van der Waals surface area contributed by atoms with Crippen LogP contribution in [0.25, 0.3) is 0 Å². The maximum Gasteiger partial charge on any atom is 0.303 e. The van der Waals surface area contributed by atoms with Crippen LogP contribution in [0, 0.1) is 0 Å². The molecule has 0 atom stereocenters. The summed E-state index contributed by atoms with van der Waals surface area (Å²) in [6.07, 6.45) is 19.0. The van der Waals surface area contributed by atoms with Crippen molar-refractivity contribution in [3.8, 4) is 0 Å². The summed E-state index contributed by atoms with van der Waals surface area (Å²) in [5, 5.41) is 18.2. The van der Waals surface area contributed by atoms with E-state index < -0.39 is 5.97 Å². The number of unbranched alkanes of at least 4 members (excludes halogenated alkanes) is 5. The molecule has 0 aromatic heterocycles. The summed E-state index contributed by atoms with van der Waals surface area (Å²) in [5.41, 5.74) is 0. The third-order valence-electron chi connectivity index (χ3n) is 3.15. The van der Waals surface area contributed by atoms with E-state index in [-0.39, 0.29) is 6.42 Å². The first kappa shape index (κ1) is 19.5. The number of aliphatic hydroxyl groups excluding tert-OH is 1. The average Bonchev–Trinajstić information content (AvgIpc) is 2.45. The first-order valence-electron chi connectivity index (χ1n) is 8.08. The van der Waals surface area contributed by atoms with Gasteiger partial charge in [0, 0.05) is 12.8 Å². The van der Waals surface area contributed by atoms with Gasteiger partial charge in [-0.2, -0.15) is 0 Å². The first-order valence-corrected chi connectivity index (χ1v) is 8.08. The lowest BCUT2D eigenvalue weighted by atomic mass is 10.1. The summed E-state index contributed by atoms with van der Waals surface area (Å²) in [5.74, 6) is -0.284. The van der Waals surface area contributed by atoms with E-state index >= 15 is 0 Å². The molecule has 0 bridgehead atoms. The summed E-state index contributed by atoms with van der Waals surface area (Å²) in [4.78, 5) is 10.3. The van der Waals surface area contributed by atoms with Gasteiger partial charge in [-0.25, -0.2) is 0 Å². The molecule has 0 aromatic rings. The van der Waals surface area contributed by atoms with Crippen molar-refractivity contribution in [2.75, 3.05) is 0 Å². The second-order valence-corrected chi connectivity index (χ2v) is 5.20. The molecule has 3 heteroatoms. The molecule has 0 aliphatic rings. The molecule has 3 nitrogen and oxygen atoms in total. The number of carboxylic acids is 1. The SMILES string of the molecule is CCC=CCCC=CC=C(O)CCCCCCCC(=O)O. The molecule has 0 saturated heterocycles. The molecule has 0 fully saturated rings. The van der Waals surface area contributed by atoms with Crippen molar-refractivity contribution in [2.24, 2.45) is 0 Å². The zero-order valence-corrected chi connectivity index (χ0v) is 13.3. The molecule has 21 heavy (non-hydrogen) atoms. The Balaban J connectivity index is 3.49. The van der Waals surface area contributed by atoms with Crippen molar-refractivity contribution >= 4 is 5.97 Å². The lowest BCUT2D eigenvalue weighted by molar-refractivity contribution is -0.137. The largest absolute Gasteiger partial charge is 0.512 e. The van der Waals surface area contributed by atoms with Crippen molar-refractivity contribution < 1.29 is 15.0 Å². The fourth-order valence-corrected chi connectivity index (χ4v) is 1.95. The Morgan fingerprint density at radius 3 is 2.14 bits per heavy atom. The molecule has 0 heterocycles. The van der Waals surface area contributed by atoms with Crippen LogP contribution in [0.1, 0.15) is 71.1 Å². The highest BCUT2D eigenvalue weighted by molar-refractivity contribution is 5.66. The second-order valence-electron chi connectivity index (χ2n) is 5.20. The van der Waals surface area contributed by atoms with Crippen LogP contribution in [-0.2, 0) is 4.79 Å². The topological polar surface area (TPSA) is 57.5 Å². The molecule has 0 radical (unpaired) electrons. The van der Waals surface area contributed by atoms with Crippen molar-refractivity contribution in [1.82, 2.24) is 0 Å². The van der Waals surface area contributed by atoms with E-state index in [0.717, 1.165) is 51.4 Å². The molecule has 0 rings (SSSR count). The highest BCUT2D eigenvalue weighted by atomic mass is 16.4. The molecular weight excluding hydrogens is 264 g/mol. The summed E-state index contributed by atoms with van der Waals surface area (Å²) in [6.45, 7) is 2.12. The predicted molar refractivity (Wildman–Crippen MR) is 88.5 cm³/mol. The van der Waals surface area contributed by atoms with Gasteiger partial charge >= 0.3 is 5.97 Å². The van der Waals surface area contributed by atoms with Crippen LogP contribution >= 0.6 is 0 Å². The maximum atomic E-state index is 10.3. The van der Waals surface area contributed by atoms with Crippen LogP contribution in [0.2, 0.25) is 0 Å². The van der Waals surface area contributed by atoms with Crippen molar-refractivity contribution in [3.63, 3.8) is 0 Å². The maximum absolute atomic E-state index is 10.3. The van der Waals surface area contributed by atoms with Crippen molar-refractivity contribution in [2.45, 2.75) is 71.1 Å². The smallest absolute Gasteiger partial charge is 0.303 e. The average molecular weight is 294 g/mol. The van der Waals surface area contributed by atoms with Gasteiger partial charge in [-0.3, -0.25) is 4.79 Å². The van der Waals surface area contributed by atoms with E-state index in [0.29, 0.717) is 12.2 Å². The van der Waals surface area contributed by atoms with Crippen molar-refractivity contribution in [1.29, 1.82) is 0 Å². The van der Waals surface area contributed by atoms with Crippen LogP contribution in [0.3, 0.4) is 0 Å². The van der Waals surface area contributed by atoms with Crippen molar-refractivity contribution in [3.05, 3.63) is 36.1 Å². The minimum Gasteiger partial charge on any atom is -0.512 e. The molecule has 0 spiro atoms. The van der Waals surface area contributed by atoms with Crippen LogP contribution in [0.5, 0.6) is 0 Å². The Hall–Kier alpha value is -1.51. The van der Waals surface area contributed by atoms with Gasteiger partial charge in [0.15, 0.2) is 0 Å². The molecule has 0 aromatic carbocycles. The number of allylic oxidation sites excluding steroid dienone is 6. The lowest BCUT2D eigenvalue weighted by Crippen LogP contribution is -1.93. The predicted octanol–water partition coefficient (Wildman–Crippen LogP) is 5.55. The third kappa shape index (κ3) is 16.4. The number of rotatable bonds is 13. The van der Waals surface area contributed by atoms with Gasteiger partial charge in [-0.15, -0.1) is 0 Å².